The van der Waals surface area contributed by atoms with Crippen LogP contribution in [0.1, 0.15) is 29.2 Å². The second-order valence-electron chi connectivity index (χ2n) is 4.10. The van der Waals surface area contributed by atoms with E-state index in [0.717, 1.165) is 16.7 Å². The van der Waals surface area contributed by atoms with E-state index in [1.165, 1.54) is 10.6 Å². The molecule has 0 aliphatic carbocycles. The third-order valence-corrected chi connectivity index (χ3v) is 2.78. The van der Waals surface area contributed by atoms with Gasteiger partial charge in [-0.2, -0.15) is 0 Å². The summed E-state index contributed by atoms with van der Waals surface area (Å²) in [6.07, 6.45) is 0. The van der Waals surface area contributed by atoms with Crippen LogP contribution in [0, 0.1) is 30.9 Å². The molecule has 0 aliphatic heterocycles. The lowest BCUT2D eigenvalue weighted by Crippen LogP contribution is -2.29. The van der Waals surface area contributed by atoms with Crippen molar-refractivity contribution in [3.63, 3.8) is 0 Å². The van der Waals surface area contributed by atoms with Gasteiger partial charge in [-0.1, -0.05) is 17.7 Å². The van der Waals surface area contributed by atoms with E-state index in [9.17, 15) is 10.1 Å². The molecule has 1 aromatic rings. The number of nitro groups is 1. The van der Waals surface area contributed by atoms with Crippen LogP contribution in [0.5, 0.6) is 0 Å². The third kappa shape index (κ3) is 2.72. The lowest BCUT2D eigenvalue weighted by atomic mass is 10.00. The lowest BCUT2D eigenvalue weighted by molar-refractivity contribution is -0.658. The predicted molar refractivity (Wildman–Crippen MR) is 63.7 cm³/mol. The Balaban J connectivity index is 3.01. The molecule has 4 heteroatoms. The monoisotopic (exact) mass is 222 g/mol. The number of hydrazine groups is 1. The zero-order valence-corrected chi connectivity index (χ0v) is 10.3. The van der Waals surface area contributed by atoms with Gasteiger partial charge in [-0.15, -0.1) is 5.01 Å². The molecule has 16 heavy (non-hydrogen) atoms. The van der Waals surface area contributed by atoms with E-state index < -0.39 is 0 Å². The Morgan fingerprint density at radius 3 is 2.12 bits per heavy atom. The van der Waals surface area contributed by atoms with Crippen molar-refractivity contribution < 1.29 is 5.03 Å². The van der Waals surface area contributed by atoms with Gasteiger partial charge in [0.25, 0.3) is 0 Å². The molecule has 0 saturated heterocycles. The van der Waals surface area contributed by atoms with Crippen LogP contribution >= 0.6 is 0 Å². The van der Waals surface area contributed by atoms with Crippen molar-refractivity contribution in [3.05, 3.63) is 44.5 Å². The Bertz CT molecular complexity index is 379. The first-order valence-electron chi connectivity index (χ1n) is 5.41. The Kier molecular flexibility index (Phi) is 3.88. The fraction of sp³-hybridized carbons (Fsp3) is 0.500. The molecular formula is C12H18N2O2. The molecule has 1 aromatic carbocycles. The smallest absolute Gasteiger partial charge is 0.160 e. The summed E-state index contributed by atoms with van der Waals surface area (Å²) in [6.45, 7) is 8.63. The molecule has 1 rings (SSSR count). The summed E-state index contributed by atoms with van der Waals surface area (Å²) in [6, 6.07) is 4.13. The number of benzene rings is 1. The summed E-state index contributed by atoms with van der Waals surface area (Å²) >= 11 is 0. The normalized spacial score (nSPS) is 10.2. The largest absolute Gasteiger partial charge is 0.235 e. The standard InChI is InChI=1S/C12H18N2O2/c1-5-13(14(15)16)8-12-10(3)6-9(2)7-11(12)4/h6-7H,5,8H2,1-4H3. The van der Waals surface area contributed by atoms with Crippen LogP contribution in [0.25, 0.3) is 0 Å². The molecule has 0 aromatic heterocycles. The minimum atomic E-state index is -0.335. The van der Waals surface area contributed by atoms with Gasteiger partial charge in [0, 0.05) is 0 Å². The van der Waals surface area contributed by atoms with E-state index in [1.54, 1.807) is 6.92 Å². The molecule has 0 radical (unpaired) electrons. The molecule has 0 amide bonds. The van der Waals surface area contributed by atoms with Gasteiger partial charge >= 0.3 is 0 Å². The van der Waals surface area contributed by atoms with Gasteiger partial charge < -0.3 is 0 Å². The first-order chi connectivity index (χ1) is 7.45. The molecule has 0 N–H and O–H groups in total. The lowest BCUT2D eigenvalue weighted by Gasteiger charge is -2.16. The Labute approximate surface area is 96.0 Å². The van der Waals surface area contributed by atoms with Crippen molar-refractivity contribution in [2.24, 2.45) is 0 Å². The summed E-state index contributed by atoms with van der Waals surface area (Å²) in [5.74, 6) is 0. The van der Waals surface area contributed by atoms with E-state index in [1.807, 2.05) is 20.8 Å². The number of hydrogen-bond acceptors (Lipinski definition) is 2. The maximum atomic E-state index is 10.8. The quantitative estimate of drug-likeness (QED) is 0.581. The highest BCUT2D eigenvalue weighted by Crippen LogP contribution is 2.18. The second kappa shape index (κ2) is 4.96. The van der Waals surface area contributed by atoms with Gasteiger partial charge in [0.15, 0.2) is 5.03 Å². The van der Waals surface area contributed by atoms with E-state index in [4.69, 9.17) is 0 Å². The molecule has 0 heterocycles. The molecule has 0 saturated carbocycles. The predicted octanol–water partition coefficient (Wildman–Crippen LogP) is 2.63. The van der Waals surface area contributed by atoms with Crippen LogP contribution < -0.4 is 0 Å². The Hall–Kier alpha value is -1.58. The summed E-state index contributed by atoms with van der Waals surface area (Å²) < 4.78 is 0. The number of aryl methyl sites for hydroxylation is 3. The molecule has 4 nitrogen and oxygen atoms in total. The van der Waals surface area contributed by atoms with E-state index >= 15 is 0 Å². The van der Waals surface area contributed by atoms with Crippen molar-refractivity contribution in [2.45, 2.75) is 34.2 Å². The Morgan fingerprint density at radius 2 is 1.75 bits per heavy atom. The second-order valence-corrected chi connectivity index (χ2v) is 4.10. The maximum Gasteiger partial charge on any atom is 0.160 e. The zero-order valence-electron chi connectivity index (χ0n) is 10.3. The average molecular weight is 222 g/mol. The first-order valence-corrected chi connectivity index (χ1v) is 5.41. The zero-order chi connectivity index (χ0) is 12.3. The van der Waals surface area contributed by atoms with E-state index in [0.29, 0.717) is 13.1 Å². The highest BCUT2D eigenvalue weighted by atomic mass is 16.7. The van der Waals surface area contributed by atoms with Gasteiger partial charge in [-0.05, 0) is 44.4 Å². The van der Waals surface area contributed by atoms with E-state index in [2.05, 4.69) is 12.1 Å². The van der Waals surface area contributed by atoms with Crippen molar-refractivity contribution in [1.29, 1.82) is 0 Å². The summed E-state index contributed by atoms with van der Waals surface area (Å²) in [5, 5.41) is 11.6. The number of hydrogen-bond donors (Lipinski definition) is 0. The molecule has 0 aliphatic rings. The van der Waals surface area contributed by atoms with Gasteiger partial charge in [0.05, 0.1) is 6.54 Å². The van der Waals surface area contributed by atoms with Crippen molar-refractivity contribution in [2.75, 3.05) is 6.54 Å². The topological polar surface area (TPSA) is 46.4 Å². The third-order valence-electron chi connectivity index (χ3n) is 2.78. The highest BCUT2D eigenvalue weighted by Gasteiger charge is 2.15. The molecule has 0 fully saturated rings. The van der Waals surface area contributed by atoms with Gasteiger partial charge in [-0.25, -0.2) is 10.1 Å². The number of nitrogens with zero attached hydrogens (tertiary/aromatic N) is 2. The van der Waals surface area contributed by atoms with Crippen LogP contribution in [-0.4, -0.2) is 16.6 Å². The minimum Gasteiger partial charge on any atom is -0.235 e. The van der Waals surface area contributed by atoms with Crippen molar-refractivity contribution in [3.8, 4) is 0 Å². The molecule has 0 spiro atoms. The fourth-order valence-electron chi connectivity index (χ4n) is 1.93. The summed E-state index contributed by atoms with van der Waals surface area (Å²) in [4.78, 5) is 10.8. The van der Waals surface area contributed by atoms with Gasteiger partial charge in [0.2, 0.25) is 0 Å². The van der Waals surface area contributed by atoms with Crippen LogP contribution in [-0.2, 0) is 6.54 Å². The molecule has 88 valence electrons. The summed E-state index contributed by atoms with van der Waals surface area (Å²) in [7, 11) is 0. The van der Waals surface area contributed by atoms with Gasteiger partial charge in [-0.3, -0.25) is 0 Å². The highest BCUT2D eigenvalue weighted by molar-refractivity contribution is 5.37. The van der Waals surface area contributed by atoms with Crippen molar-refractivity contribution in [1.82, 2.24) is 5.01 Å². The van der Waals surface area contributed by atoms with E-state index in [-0.39, 0.29) is 5.03 Å². The van der Waals surface area contributed by atoms with Crippen molar-refractivity contribution >= 4 is 0 Å². The molecular weight excluding hydrogens is 204 g/mol. The minimum absolute atomic E-state index is 0.335. The summed E-state index contributed by atoms with van der Waals surface area (Å²) in [5.41, 5.74) is 4.50. The van der Waals surface area contributed by atoms with Gasteiger partial charge in [0.1, 0.15) is 6.54 Å². The Morgan fingerprint density at radius 1 is 1.25 bits per heavy atom. The van der Waals surface area contributed by atoms with Crippen LogP contribution in [0.2, 0.25) is 0 Å². The first kappa shape index (κ1) is 12.5. The number of rotatable bonds is 4. The molecule has 0 bridgehead atoms. The molecule has 0 unspecified atom stereocenters. The van der Waals surface area contributed by atoms with Crippen LogP contribution in [0.3, 0.4) is 0 Å². The molecule has 0 atom stereocenters. The average Bonchev–Trinajstić information content (AvgIpc) is 2.15. The SMILES string of the molecule is CCN(Cc1c(C)cc(C)cc1C)[N+](=O)[O-]. The fourth-order valence-corrected chi connectivity index (χ4v) is 1.93. The van der Waals surface area contributed by atoms with Crippen LogP contribution in [0.15, 0.2) is 12.1 Å². The van der Waals surface area contributed by atoms with Crippen LogP contribution in [0.4, 0.5) is 0 Å². The maximum absolute atomic E-state index is 10.8.